The number of imidazole rings is 1. The normalized spacial score (nSPS) is 10.8. The summed E-state index contributed by atoms with van der Waals surface area (Å²) in [5.74, 6) is 1.25. The van der Waals surface area contributed by atoms with Crippen LogP contribution in [0.4, 0.5) is 0 Å². The van der Waals surface area contributed by atoms with E-state index in [1.54, 1.807) is 12.1 Å². The van der Waals surface area contributed by atoms with Gasteiger partial charge >= 0.3 is 0 Å². The third-order valence-corrected chi connectivity index (χ3v) is 4.54. The van der Waals surface area contributed by atoms with Gasteiger partial charge in [-0.25, -0.2) is 4.98 Å². The van der Waals surface area contributed by atoms with Crippen molar-refractivity contribution in [1.82, 2.24) is 14.7 Å². The summed E-state index contributed by atoms with van der Waals surface area (Å²) in [7, 11) is 0. The number of aromatic nitrogens is 2. The molecule has 0 aliphatic heterocycles. The van der Waals surface area contributed by atoms with Crippen LogP contribution in [0.15, 0.2) is 41.1 Å². The highest BCUT2D eigenvalue weighted by Crippen LogP contribution is 2.39. The van der Waals surface area contributed by atoms with E-state index in [1.165, 1.54) is 0 Å². The van der Waals surface area contributed by atoms with Gasteiger partial charge in [0.1, 0.15) is 5.65 Å². The summed E-state index contributed by atoms with van der Waals surface area (Å²) in [5.41, 5.74) is 2.01. The second-order valence-electron chi connectivity index (χ2n) is 6.13. The van der Waals surface area contributed by atoms with Crippen LogP contribution in [0.5, 0.6) is 17.2 Å². The zero-order valence-corrected chi connectivity index (χ0v) is 18.3. The lowest BCUT2D eigenvalue weighted by Gasteiger charge is -2.17. The number of nitrogens with zero attached hydrogens (tertiary/aromatic N) is 2. The van der Waals surface area contributed by atoms with Crippen LogP contribution in [0.3, 0.4) is 0 Å². The lowest BCUT2D eigenvalue weighted by atomic mass is 10.1. The third-order valence-electron chi connectivity index (χ3n) is 4.07. The molecule has 0 radical (unpaired) electrons. The quantitative estimate of drug-likeness (QED) is 0.516. The number of halogens is 1. The molecule has 0 saturated heterocycles. The number of nitrogens with one attached hydrogen (secondary N) is 1. The number of benzene rings is 1. The number of rotatable bonds is 9. The van der Waals surface area contributed by atoms with Gasteiger partial charge in [0.05, 0.1) is 32.1 Å². The molecule has 1 amide bonds. The van der Waals surface area contributed by atoms with Crippen LogP contribution in [-0.2, 0) is 6.54 Å². The van der Waals surface area contributed by atoms with Gasteiger partial charge < -0.3 is 23.9 Å². The number of ether oxygens (including phenoxy) is 3. The van der Waals surface area contributed by atoms with Crippen LogP contribution in [0, 0.1) is 0 Å². The fraction of sp³-hybridized carbons (Fsp3) is 0.333. The van der Waals surface area contributed by atoms with Gasteiger partial charge in [-0.15, -0.1) is 0 Å². The SMILES string of the molecule is CCOc1cc(C(=O)NCc2cn3cc(Br)ccc3n2)cc(OCC)c1OCC. The minimum atomic E-state index is -0.242. The van der Waals surface area contributed by atoms with E-state index in [1.807, 2.05) is 49.7 Å². The van der Waals surface area contributed by atoms with Gasteiger partial charge in [0.15, 0.2) is 11.5 Å². The Morgan fingerprint density at radius 3 is 2.31 bits per heavy atom. The molecule has 0 aliphatic rings. The van der Waals surface area contributed by atoms with Crippen molar-refractivity contribution in [3.05, 3.63) is 52.4 Å². The topological polar surface area (TPSA) is 74.1 Å². The molecule has 29 heavy (non-hydrogen) atoms. The molecule has 8 heteroatoms. The monoisotopic (exact) mass is 461 g/mol. The van der Waals surface area contributed by atoms with Gasteiger partial charge in [-0.3, -0.25) is 4.79 Å². The zero-order chi connectivity index (χ0) is 20.8. The Kier molecular flexibility index (Phi) is 6.98. The molecular weight excluding hydrogens is 438 g/mol. The van der Waals surface area contributed by atoms with E-state index in [2.05, 4.69) is 26.2 Å². The molecule has 0 saturated carbocycles. The molecule has 2 heterocycles. The Balaban J connectivity index is 1.81. The molecule has 0 fully saturated rings. The lowest BCUT2D eigenvalue weighted by molar-refractivity contribution is 0.0949. The van der Waals surface area contributed by atoms with Gasteiger partial charge in [0, 0.05) is 22.4 Å². The number of hydrogen-bond donors (Lipinski definition) is 1. The van der Waals surface area contributed by atoms with E-state index < -0.39 is 0 Å². The first-order valence-electron chi connectivity index (χ1n) is 9.53. The van der Waals surface area contributed by atoms with Crippen molar-refractivity contribution in [2.45, 2.75) is 27.3 Å². The largest absolute Gasteiger partial charge is 0.490 e. The third kappa shape index (κ3) is 5.00. The number of amides is 1. The molecular formula is C21H24BrN3O4. The minimum Gasteiger partial charge on any atom is -0.490 e. The fourth-order valence-corrected chi connectivity index (χ4v) is 3.25. The van der Waals surface area contributed by atoms with E-state index in [4.69, 9.17) is 14.2 Å². The molecule has 3 aromatic rings. The van der Waals surface area contributed by atoms with Crippen LogP contribution in [-0.4, -0.2) is 35.1 Å². The van der Waals surface area contributed by atoms with E-state index in [0.29, 0.717) is 49.2 Å². The lowest BCUT2D eigenvalue weighted by Crippen LogP contribution is -2.23. The van der Waals surface area contributed by atoms with Gasteiger partial charge in [0.2, 0.25) is 5.75 Å². The maximum atomic E-state index is 12.8. The molecule has 0 atom stereocenters. The summed E-state index contributed by atoms with van der Waals surface area (Å²) in [6, 6.07) is 7.18. The van der Waals surface area contributed by atoms with Crippen molar-refractivity contribution < 1.29 is 19.0 Å². The van der Waals surface area contributed by atoms with E-state index in [9.17, 15) is 4.79 Å². The predicted molar refractivity (Wildman–Crippen MR) is 114 cm³/mol. The number of fused-ring (bicyclic) bond motifs is 1. The second kappa shape index (κ2) is 9.65. The van der Waals surface area contributed by atoms with Crippen molar-refractivity contribution >= 4 is 27.5 Å². The standard InChI is InChI=1S/C21H24BrN3O4/c1-4-27-17-9-14(10-18(28-5-2)20(17)29-6-3)21(26)23-11-16-13-25-12-15(22)7-8-19(25)24-16/h7-10,12-13H,4-6,11H2,1-3H3,(H,23,26). The average Bonchev–Trinajstić information content (AvgIpc) is 3.10. The highest BCUT2D eigenvalue weighted by atomic mass is 79.9. The van der Waals surface area contributed by atoms with Crippen LogP contribution in [0.2, 0.25) is 0 Å². The summed E-state index contributed by atoms with van der Waals surface area (Å²) < 4.78 is 19.9. The molecule has 1 N–H and O–H groups in total. The first kappa shape index (κ1) is 21.0. The van der Waals surface area contributed by atoms with Crippen LogP contribution >= 0.6 is 15.9 Å². The van der Waals surface area contributed by atoms with Gasteiger partial charge in [-0.1, -0.05) is 0 Å². The Hall–Kier alpha value is -2.74. The van der Waals surface area contributed by atoms with E-state index in [0.717, 1.165) is 15.8 Å². The predicted octanol–water partition coefficient (Wildman–Crippen LogP) is 4.22. The number of hydrogen-bond acceptors (Lipinski definition) is 5. The van der Waals surface area contributed by atoms with Crippen LogP contribution in [0.1, 0.15) is 36.8 Å². The molecule has 0 unspecified atom stereocenters. The molecule has 3 rings (SSSR count). The van der Waals surface area contributed by atoms with Crippen molar-refractivity contribution in [1.29, 1.82) is 0 Å². The first-order chi connectivity index (χ1) is 14.0. The van der Waals surface area contributed by atoms with Crippen molar-refractivity contribution in [3.63, 3.8) is 0 Å². The van der Waals surface area contributed by atoms with Crippen molar-refractivity contribution in [2.24, 2.45) is 0 Å². The molecule has 154 valence electrons. The zero-order valence-electron chi connectivity index (χ0n) is 16.7. The Bertz CT molecular complexity index is 976. The first-order valence-corrected chi connectivity index (χ1v) is 10.3. The maximum absolute atomic E-state index is 12.8. The Morgan fingerprint density at radius 1 is 1.03 bits per heavy atom. The van der Waals surface area contributed by atoms with Crippen LogP contribution < -0.4 is 19.5 Å². The fourth-order valence-electron chi connectivity index (χ4n) is 2.90. The number of carbonyl (C=O) groups excluding carboxylic acids is 1. The highest BCUT2D eigenvalue weighted by Gasteiger charge is 2.18. The summed E-state index contributed by atoms with van der Waals surface area (Å²) in [5, 5.41) is 2.90. The molecule has 0 spiro atoms. The highest BCUT2D eigenvalue weighted by molar-refractivity contribution is 9.10. The second-order valence-corrected chi connectivity index (χ2v) is 7.04. The number of pyridine rings is 1. The summed E-state index contributed by atoms with van der Waals surface area (Å²) >= 11 is 3.44. The van der Waals surface area contributed by atoms with Crippen molar-refractivity contribution in [3.8, 4) is 17.2 Å². The van der Waals surface area contributed by atoms with Gasteiger partial charge in [0.25, 0.3) is 5.91 Å². The van der Waals surface area contributed by atoms with E-state index in [-0.39, 0.29) is 5.91 Å². The summed E-state index contributed by atoms with van der Waals surface area (Å²) in [6.07, 6.45) is 3.80. The molecule has 0 bridgehead atoms. The van der Waals surface area contributed by atoms with E-state index >= 15 is 0 Å². The average molecular weight is 462 g/mol. The Labute approximate surface area is 178 Å². The summed E-state index contributed by atoms with van der Waals surface area (Å²) in [6.45, 7) is 7.32. The number of carbonyl (C=O) groups is 1. The smallest absolute Gasteiger partial charge is 0.251 e. The van der Waals surface area contributed by atoms with Crippen molar-refractivity contribution in [2.75, 3.05) is 19.8 Å². The van der Waals surface area contributed by atoms with Crippen LogP contribution in [0.25, 0.3) is 5.65 Å². The molecule has 7 nitrogen and oxygen atoms in total. The summed E-state index contributed by atoms with van der Waals surface area (Å²) in [4.78, 5) is 17.3. The minimum absolute atomic E-state index is 0.242. The molecule has 2 aromatic heterocycles. The van der Waals surface area contributed by atoms with Gasteiger partial charge in [-0.2, -0.15) is 0 Å². The van der Waals surface area contributed by atoms with Gasteiger partial charge in [-0.05, 0) is 61.0 Å². The molecule has 1 aromatic carbocycles. The maximum Gasteiger partial charge on any atom is 0.251 e. The Morgan fingerprint density at radius 2 is 1.69 bits per heavy atom. The molecule has 0 aliphatic carbocycles.